The first-order chi connectivity index (χ1) is 15.1. The van der Waals surface area contributed by atoms with Gasteiger partial charge >= 0.3 is 11.9 Å². The molecule has 0 spiro atoms. The molecule has 0 aromatic carbocycles. The highest BCUT2D eigenvalue weighted by atomic mass is 28.3. The molecule has 0 aliphatic heterocycles. The third-order valence-corrected chi connectivity index (χ3v) is 7.52. The topological polar surface area (TPSA) is 103 Å². The molecule has 0 bridgehead atoms. The molecule has 3 N–H and O–H groups in total. The highest BCUT2D eigenvalue weighted by Crippen LogP contribution is 2.26. The van der Waals surface area contributed by atoms with Crippen LogP contribution in [0.3, 0.4) is 0 Å². The molecule has 0 amide bonds. The molecule has 0 fully saturated rings. The standard InChI is InChI=1S/C25H45NO5Si/c1-5-6-7-8-9-10-11-12-13-14-15-22(20-18-24(30-19-20)32(2,3)4)31-25(29)21(26)16-17-23(27)28/h18-19,21-22H,5-17,26H2,1-4H3,(H,27,28). The van der Waals surface area contributed by atoms with Gasteiger partial charge in [0.1, 0.15) is 20.2 Å². The van der Waals surface area contributed by atoms with E-state index in [9.17, 15) is 9.59 Å². The molecule has 0 radical (unpaired) electrons. The van der Waals surface area contributed by atoms with Crippen LogP contribution in [0.25, 0.3) is 0 Å². The minimum absolute atomic E-state index is 0.0741. The third-order valence-electron chi connectivity index (χ3n) is 5.78. The van der Waals surface area contributed by atoms with Gasteiger partial charge in [0.05, 0.1) is 11.6 Å². The zero-order valence-electron chi connectivity index (χ0n) is 20.7. The van der Waals surface area contributed by atoms with E-state index in [2.05, 4.69) is 26.6 Å². The van der Waals surface area contributed by atoms with Crippen LogP contribution in [0.15, 0.2) is 16.7 Å². The van der Waals surface area contributed by atoms with Gasteiger partial charge in [-0.15, -0.1) is 0 Å². The molecule has 0 aliphatic carbocycles. The van der Waals surface area contributed by atoms with Crippen molar-refractivity contribution in [3.63, 3.8) is 0 Å². The number of carboxylic acid groups (broad SMARTS) is 1. The number of aliphatic carboxylic acids is 1. The van der Waals surface area contributed by atoms with Crippen molar-refractivity contribution in [3.8, 4) is 0 Å². The van der Waals surface area contributed by atoms with E-state index in [0.717, 1.165) is 30.2 Å². The maximum absolute atomic E-state index is 12.5. The molecule has 1 aromatic rings. The summed E-state index contributed by atoms with van der Waals surface area (Å²) in [6.07, 6.45) is 14.4. The van der Waals surface area contributed by atoms with Crippen LogP contribution in [0.5, 0.6) is 0 Å². The lowest BCUT2D eigenvalue weighted by atomic mass is 10.0. The van der Waals surface area contributed by atoms with Crippen molar-refractivity contribution < 1.29 is 23.8 Å². The molecular weight excluding hydrogens is 422 g/mol. The summed E-state index contributed by atoms with van der Waals surface area (Å²) in [5.41, 5.74) is 6.74. The molecular formula is C25H45NO5Si. The molecule has 2 unspecified atom stereocenters. The second-order valence-electron chi connectivity index (χ2n) is 9.93. The van der Waals surface area contributed by atoms with Crippen LogP contribution >= 0.6 is 0 Å². The Balaban J connectivity index is 2.55. The molecule has 2 atom stereocenters. The van der Waals surface area contributed by atoms with Crippen molar-refractivity contribution in [1.82, 2.24) is 0 Å². The number of rotatable bonds is 18. The number of esters is 1. The molecule has 6 nitrogen and oxygen atoms in total. The molecule has 0 saturated heterocycles. The maximum Gasteiger partial charge on any atom is 0.323 e. The monoisotopic (exact) mass is 467 g/mol. The first kappa shape index (κ1) is 28.4. The van der Waals surface area contributed by atoms with E-state index in [1.807, 2.05) is 6.07 Å². The number of ether oxygens (including phenoxy) is 1. The molecule has 0 saturated carbocycles. The van der Waals surface area contributed by atoms with Crippen molar-refractivity contribution >= 4 is 25.4 Å². The smallest absolute Gasteiger partial charge is 0.323 e. The summed E-state index contributed by atoms with van der Waals surface area (Å²) in [6.45, 7) is 8.87. The van der Waals surface area contributed by atoms with Crippen molar-refractivity contribution in [1.29, 1.82) is 0 Å². The summed E-state index contributed by atoms with van der Waals surface area (Å²) in [5, 5.41) is 9.80. The average Bonchev–Trinajstić information content (AvgIpc) is 3.23. The van der Waals surface area contributed by atoms with Gasteiger partial charge in [-0.2, -0.15) is 0 Å². The fourth-order valence-electron chi connectivity index (χ4n) is 3.65. The van der Waals surface area contributed by atoms with E-state index >= 15 is 0 Å². The van der Waals surface area contributed by atoms with E-state index in [1.165, 1.54) is 51.4 Å². The summed E-state index contributed by atoms with van der Waals surface area (Å²) >= 11 is 0. The van der Waals surface area contributed by atoms with Gasteiger partial charge in [-0.1, -0.05) is 84.4 Å². The quantitative estimate of drug-likeness (QED) is 0.158. The normalized spacial score (nSPS) is 13.7. The predicted molar refractivity (Wildman–Crippen MR) is 132 cm³/mol. The van der Waals surface area contributed by atoms with Crippen LogP contribution in [-0.2, 0) is 14.3 Å². The minimum atomic E-state index is -1.61. The van der Waals surface area contributed by atoms with Gasteiger partial charge < -0.3 is 20.0 Å². The van der Waals surface area contributed by atoms with Crippen LogP contribution in [0.4, 0.5) is 0 Å². The van der Waals surface area contributed by atoms with Crippen molar-refractivity contribution in [2.75, 3.05) is 0 Å². The SMILES string of the molecule is CCCCCCCCCCCCC(OC(=O)C(N)CCC(=O)O)c1coc([Si](C)(C)C)c1. The summed E-state index contributed by atoms with van der Waals surface area (Å²) in [7, 11) is -1.61. The average molecular weight is 468 g/mol. The van der Waals surface area contributed by atoms with Crippen molar-refractivity contribution in [3.05, 3.63) is 17.9 Å². The zero-order valence-corrected chi connectivity index (χ0v) is 21.7. The van der Waals surface area contributed by atoms with Crippen LogP contribution < -0.4 is 11.1 Å². The molecule has 1 rings (SSSR count). The van der Waals surface area contributed by atoms with Crippen LogP contribution in [0.2, 0.25) is 19.6 Å². The zero-order chi connectivity index (χ0) is 24.0. The summed E-state index contributed by atoms with van der Waals surface area (Å²) in [6, 6.07) is 1.09. The van der Waals surface area contributed by atoms with E-state index in [4.69, 9.17) is 20.0 Å². The minimum Gasteiger partial charge on any atom is -0.481 e. The molecule has 7 heteroatoms. The van der Waals surface area contributed by atoms with Crippen molar-refractivity contribution in [2.24, 2.45) is 5.73 Å². The summed E-state index contributed by atoms with van der Waals surface area (Å²) in [4.78, 5) is 23.2. The number of hydrogen-bond donors (Lipinski definition) is 2. The molecule has 1 aromatic heterocycles. The fourth-order valence-corrected chi connectivity index (χ4v) is 4.66. The highest BCUT2D eigenvalue weighted by Gasteiger charge is 2.26. The number of carbonyl (C=O) groups excluding carboxylic acids is 1. The van der Waals surface area contributed by atoms with Gasteiger partial charge in [-0.05, 0) is 25.3 Å². The van der Waals surface area contributed by atoms with Crippen molar-refractivity contribution in [2.45, 2.75) is 122 Å². The van der Waals surface area contributed by atoms with E-state index in [1.54, 1.807) is 6.26 Å². The third kappa shape index (κ3) is 11.9. The van der Waals surface area contributed by atoms with E-state index < -0.39 is 32.2 Å². The van der Waals surface area contributed by atoms with Gasteiger partial charge in [0, 0.05) is 12.0 Å². The van der Waals surface area contributed by atoms with E-state index in [-0.39, 0.29) is 12.8 Å². The Bertz CT molecular complexity index is 668. The Morgan fingerprint density at radius 1 is 1.00 bits per heavy atom. The Hall–Kier alpha value is -1.60. The van der Waals surface area contributed by atoms with Gasteiger partial charge in [0.15, 0.2) is 0 Å². The van der Waals surface area contributed by atoms with Crippen LogP contribution in [-0.4, -0.2) is 31.2 Å². The van der Waals surface area contributed by atoms with Gasteiger partial charge in [0.2, 0.25) is 0 Å². The van der Waals surface area contributed by atoms with Gasteiger partial charge in [-0.3, -0.25) is 9.59 Å². The lowest BCUT2D eigenvalue weighted by Gasteiger charge is -2.19. The maximum atomic E-state index is 12.5. The molecule has 32 heavy (non-hydrogen) atoms. The number of unbranched alkanes of at least 4 members (excludes halogenated alkanes) is 9. The second kappa shape index (κ2) is 15.3. The Morgan fingerprint density at radius 2 is 1.56 bits per heavy atom. The number of nitrogens with two attached hydrogens (primary N) is 1. The molecule has 184 valence electrons. The number of hydrogen-bond acceptors (Lipinski definition) is 5. The predicted octanol–water partition coefficient (Wildman–Crippen LogP) is 5.91. The highest BCUT2D eigenvalue weighted by molar-refractivity contribution is 6.87. The molecule has 1 heterocycles. The Labute approximate surface area is 195 Å². The van der Waals surface area contributed by atoms with Crippen LogP contribution in [0, 0.1) is 0 Å². The first-order valence-corrected chi connectivity index (χ1v) is 15.9. The summed E-state index contributed by atoms with van der Waals surface area (Å²) in [5.74, 6) is -1.51. The lowest BCUT2D eigenvalue weighted by molar-refractivity contribution is -0.152. The molecule has 0 aliphatic rings. The summed E-state index contributed by atoms with van der Waals surface area (Å²) < 4.78 is 11.5. The first-order valence-electron chi connectivity index (χ1n) is 12.4. The van der Waals surface area contributed by atoms with Gasteiger partial charge in [-0.25, -0.2) is 0 Å². The second-order valence-corrected chi connectivity index (χ2v) is 14.9. The fraction of sp³-hybridized carbons (Fsp3) is 0.760. The number of carbonyl (C=O) groups is 2. The Morgan fingerprint density at radius 3 is 2.06 bits per heavy atom. The number of carboxylic acids is 1. The van der Waals surface area contributed by atoms with Gasteiger partial charge in [0.25, 0.3) is 0 Å². The lowest BCUT2D eigenvalue weighted by Crippen LogP contribution is -2.36. The Kier molecular flexibility index (Phi) is 13.6. The number of furan rings is 1. The van der Waals surface area contributed by atoms with E-state index in [0.29, 0.717) is 0 Å². The van der Waals surface area contributed by atoms with Crippen LogP contribution in [0.1, 0.15) is 102 Å². The largest absolute Gasteiger partial charge is 0.481 e.